The molecule has 1 N–H and O–H groups in total. The molecule has 2 aromatic carbocycles. The summed E-state index contributed by atoms with van der Waals surface area (Å²) in [6.45, 7) is 2.76. The van der Waals surface area contributed by atoms with Crippen LogP contribution in [0.25, 0.3) is 0 Å². The highest BCUT2D eigenvalue weighted by Crippen LogP contribution is 2.24. The molecule has 160 valence electrons. The Hall–Kier alpha value is -3.02. The van der Waals surface area contributed by atoms with E-state index < -0.39 is 5.97 Å². The molecule has 0 radical (unpaired) electrons. The van der Waals surface area contributed by atoms with Crippen LogP contribution in [0.15, 0.2) is 53.7 Å². The Bertz CT molecular complexity index is 841. The number of carboxylic acid groups (broad SMARTS) is 1. The summed E-state index contributed by atoms with van der Waals surface area (Å²) >= 11 is 0. The molecule has 0 aromatic heterocycles. The van der Waals surface area contributed by atoms with Crippen LogP contribution in [0, 0.1) is 0 Å². The number of ether oxygens (including phenoxy) is 2. The molecular weight excluding hydrogens is 382 g/mol. The SMILES string of the molecule is CCCON=C(COc1cccc(CC(=O)O)c1)c1ccc(OC2CCCC2)cc1. The van der Waals surface area contributed by atoms with Gasteiger partial charge in [-0.05, 0) is 74.1 Å². The van der Waals surface area contributed by atoms with Crippen molar-refractivity contribution in [1.82, 2.24) is 0 Å². The van der Waals surface area contributed by atoms with Crippen molar-refractivity contribution in [1.29, 1.82) is 0 Å². The van der Waals surface area contributed by atoms with Gasteiger partial charge in [0, 0.05) is 5.56 Å². The van der Waals surface area contributed by atoms with E-state index in [-0.39, 0.29) is 13.0 Å². The van der Waals surface area contributed by atoms with Crippen LogP contribution in [0.5, 0.6) is 11.5 Å². The highest BCUT2D eigenvalue weighted by molar-refractivity contribution is 6.01. The standard InChI is InChI=1S/C24H29NO5/c1-2-14-29-25-23(17-28-22-9-5-6-18(15-22)16-24(26)27)19-10-12-21(13-11-19)30-20-7-3-4-8-20/h5-6,9-13,15,20H,2-4,7-8,14,16-17H2,1H3,(H,26,27). The zero-order chi connectivity index (χ0) is 21.2. The highest BCUT2D eigenvalue weighted by Gasteiger charge is 2.16. The fourth-order valence-electron chi connectivity index (χ4n) is 3.37. The van der Waals surface area contributed by atoms with E-state index in [1.165, 1.54) is 12.8 Å². The molecule has 1 saturated carbocycles. The molecule has 0 saturated heterocycles. The summed E-state index contributed by atoms with van der Waals surface area (Å²) in [5.41, 5.74) is 2.25. The first-order valence-electron chi connectivity index (χ1n) is 10.5. The van der Waals surface area contributed by atoms with Gasteiger partial charge in [0.05, 0.1) is 12.5 Å². The second kappa shape index (κ2) is 11.2. The van der Waals surface area contributed by atoms with Gasteiger partial charge >= 0.3 is 5.97 Å². The maximum atomic E-state index is 10.9. The maximum absolute atomic E-state index is 10.9. The Labute approximate surface area is 177 Å². The number of rotatable bonds is 11. The molecule has 6 heteroatoms. The minimum Gasteiger partial charge on any atom is -0.490 e. The Kier molecular flexibility index (Phi) is 8.12. The topological polar surface area (TPSA) is 77.4 Å². The smallest absolute Gasteiger partial charge is 0.307 e. The van der Waals surface area contributed by atoms with E-state index in [2.05, 4.69) is 5.16 Å². The number of carbonyl (C=O) groups is 1. The van der Waals surface area contributed by atoms with Crippen molar-refractivity contribution in [2.24, 2.45) is 5.16 Å². The van der Waals surface area contributed by atoms with Gasteiger partial charge in [-0.3, -0.25) is 4.79 Å². The molecule has 0 spiro atoms. The molecule has 0 bridgehead atoms. The maximum Gasteiger partial charge on any atom is 0.307 e. The molecule has 0 heterocycles. The number of hydrogen-bond donors (Lipinski definition) is 1. The first-order valence-corrected chi connectivity index (χ1v) is 10.5. The van der Waals surface area contributed by atoms with E-state index in [9.17, 15) is 4.79 Å². The zero-order valence-electron chi connectivity index (χ0n) is 17.4. The largest absolute Gasteiger partial charge is 0.490 e. The molecule has 2 aromatic rings. The number of nitrogens with zero attached hydrogens (tertiary/aromatic N) is 1. The molecule has 30 heavy (non-hydrogen) atoms. The van der Waals surface area contributed by atoms with Gasteiger partial charge in [0.1, 0.15) is 30.4 Å². The van der Waals surface area contributed by atoms with E-state index in [0.717, 1.165) is 30.6 Å². The lowest BCUT2D eigenvalue weighted by Gasteiger charge is -2.14. The van der Waals surface area contributed by atoms with Gasteiger partial charge in [-0.2, -0.15) is 0 Å². The minimum absolute atomic E-state index is 0.0415. The molecule has 1 aliphatic carbocycles. The summed E-state index contributed by atoms with van der Waals surface area (Å²) in [5.74, 6) is 0.585. The third kappa shape index (κ3) is 6.79. The summed E-state index contributed by atoms with van der Waals surface area (Å²) in [4.78, 5) is 16.3. The Morgan fingerprint density at radius 3 is 2.57 bits per heavy atom. The van der Waals surface area contributed by atoms with Crippen LogP contribution in [0.2, 0.25) is 0 Å². The molecule has 6 nitrogen and oxygen atoms in total. The fraction of sp³-hybridized carbons (Fsp3) is 0.417. The molecule has 0 aliphatic heterocycles. The van der Waals surface area contributed by atoms with Crippen LogP contribution < -0.4 is 9.47 Å². The monoisotopic (exact) mass is 411 g/mol. The average Bonchev–Trinajstić information content (AvgIpc) is 3.24. The Morgan fingerprint density at radius 1 is 1.10 bits per heavy atom. The lowest BCUT2D eigenvalue weighted by atomic mass is 10.1. The van der Waals surface area contributed by atoms with Crippen molar-refractivity contribution < 1.29 is 24.2 Å². The summed E-state index contributed by atoms with van der Waals surface area (Å²) < 4.78 is 11.9. The van der Waals surface area contributed by atoms with Crippen molar-refractivity contribution in [3.8, 4) is 11.5 Å². The summed E-state index contributed by atoms with van der Waals surface area (Å²) in [7, 11) is 0. The number of aliphatic carboxylic acids is 1. The summed E-state index contributed by atoms with van der Waals surface area (Å²) in [6, 6.07) is 14.9. The van der Waals surface area contributed by atoms with Crippen molar-refractivity contribution in [3.05, 3.63) is 59.7 Å². The Morgan fingerprint density at radius 2 is 1.87 bits per heavy atom. The second-order valence-corrected chi connectivity index (χ2v) is 7.43. The van der Waals surface area contributed by atoms with Gasteiger partial charge in [0.15, 0.2) is 0 Å². The van der Waals surface area contributed by atoms with E-state index >= 15 is 0 Å². The van der Waals surface area contributed by atoms with Gasteiger partial charge in [0.2, 0.25) is 0 Å². The number of benzene rings is 2. The number of carboxylic acids is 1. The zero-order valence-corrected chi connectivity index (χ0v) is 17.4. The lowest BCUT2D eigenvalue weighted by Crippen LogP contribution is -2.15. The van der Waals surface area contributed by atoms with Crippen LogP contribution >= 0.6 is 0 Å². The second-order valence-electron chi connectivity index (χ2n) is 7.43. The number of oxime groups is 1. The summed E-state index contributed by atoms with van der Waals surface area (Å²) in [6.07, 6.45) is 5.85. The van der Waals surface area contributed by atoms with E-state index in [1.54, 1.807) is 24.3 Å². The van der Waals surface area contributed by atoms with Gasteiger partial charge < -0.3 is 19.4 Å². The van der Waals surface area contributed by atoms with Crippen LogP contribution in [-0.2, 0) is 16.1 Å². The van der Waals surface area contributed by atoms with Crippen molar-refractivity contribution >= 4 is 11.7 Å². The average molecular weight is 411 g/mol. The molecule has 0 atom stereocenters. The molecule has 0 amide bonds. The normalized spacial score (nSPS) is 14.5. The highest BCUT2D eigenvalue weighted by atomic mass is 16.6. The van der Waals surface area contributed by atoms with Crippen molar-refractivity contribution in [2.75, 3.05) is 13.2 Å². The molecular formula is C24H29NO5. The molecule has 1 aliphatic rings. The predicted octanol–water partition coefficient (Wildman–Crippen LogP) is 4.84. The van der Waals surface area contributed by atoms with Crippen LogP contribution in [-0.4, -0.2) is 36.1 Å². The minimum atomic E-state index is -0.873. The third-order valence-electron chi connectivity index (χ3n) is 4.89. The van der Waals surface area contributed by atoms with E-state index in [1.807, 2.05) is 31.2 Å². The predicted molar refractivity (Wildman–Crippen MR) is 115 cm³/mol. The van der Waals surface area contributed by atoms with E-state index in [4.69, 9.17) is 19.4 Å². The van der Waals surface area contributed by atoms with Gasteiger partial charge in [-0.25, -0.2) is 0 Å². The first kappa shape index (κ1) is 21.7. The third-order valence-corrected chi connectivity index (χ3v) is 4.89. The quantitative estimate of drug-likeness (QED) is 0.325. The lowest BCUT2D eigenvalue weighted by molar-refractivity contribution is -0.136. The van der Waals surface area contributed by atoms with Crippen LogP contribution in [0.1, 0.15) is 50.2 Å². The Balaban J connectivity index is 1.66. The number of hydrogen-bond acceptors (Lipinski definition) is 5. The first-order chi connectivity index (χ1) is 14.6. The van der Waals surface area contributed by atoms with Crippen molar-refractivity contribution in [3.63, 3.8) is 0 Å². The van der Waals surface area contributed by atoms with Gasteiger partial charge in [-0.15, -0.1) is 0 Å². The fourth-order valence-corrected chi connectivity index (χ4v) is 3.37. The van der Waals surface area contributed by atoms with E-state index in [0.29, 0.717) is 29.7 Å². The molecule has 0 unspecified atom stereocenters. The van der Waals surface area contributed by atoms with Crippen LogP contribution in [0.4, 0.5) is 0 Å². The van der Waals surface area contributed by atoms with Crippen LogP contribution in [0.3, 0.4) is 0 Å². The molecule has 3 rings (SSSR count). The van der Waals surface area contributed by atoms with Crippen molar-refractivity contribution in [2.45, 2.75) is 51.6 Å². The van der Waals surface area contributed by atoms with Gasteiger partial charge in [-0.1, -0.05) is 24.2 Å². The summed E-state index contributed by atoms with van der Waals surface area (Å²) in [5, 5.41) is 13.2. The van der Waals surface area contributed by atoms with Gasteiger partial charge in [0.25, 0.3) is 0 Å². The molecule has 1 fully saturated rings.